The van der Waals surface area contributed by atoms with Crippen LogP contribution in [0.2, 0.25) is 0 Å². The SMILES string of the molecule is O=C(O)c1cccnc1SCC(F)(F)C(F)F. The number of thioether (sulfide) groups is 1. The molecule has 1 aromatic rings. The average Bonchev–Trinajstić information content (AvgIpc) is 2.26. The van der Waals surface area contributed by atoms with E-state index in [1.54, 1.807) is 0 Å². The maximum absolute atomic E-state index is 12.6. The fraction of sp³-hybridized carbons (Fsp3) is 0.333. The summed E-state index contributed by atoms with van der Waals surface area (Å²) in [6.07, 6.45) is -2.58. The first kappa shape index (κ1) is 13.8. The lowest BCUT2D eigenvalue weighted by atomic mass is 10.3. The minimum absolute atomic E-state index is 0.208. The van der Waals surface area contributed by atoms with Crippen LogP contribution < -0.4 is 0 Å². The first-order valence-corrected chi connectivity index (χ1v) is 5.30. The third-order valence-electron chi connectivity index (χ3n) is 1.72. The number of rotatable bonds is 5. The molecule has 0 aliphatic heterocycles. The minimum Gasteiger partial charge on any atom is -0.478 e. The number of aromatic nitrogens is 1. The van der Waals surface area contributed by atoms with Gasteiger partial charge in [-0.15, -0.1) is 0 Å². The number of pyridine rings is 1. The van der Waals surface area contributed by atoms with Crippen LogP contribution in [0.25, 0.3) is 0 Å². The fourth-order valence-corrected chi connectivity index (χ4v) is 1.80. The van der Waals surface area contributed by atoms with Gasteiger partial charge >= 0.3 is 18.3 Å². The van der Waals surface area contributed by atoms with E-state index in [1.165, 1.54) is 12.3 Å². The Kier molecular flexibility index (Phi) is 4.33. The molecule has 0 bridgehead atoms. The van der Waals surface area contributed by atoms with Crippen molar-refractivity contribution in [3.63, 3.8) is 0 Å². The predicted octanol–water partition coefficient (Wildman–Crippen LogP) is 2.77. The van der Waals surface area contributed by atoms with Gasteiger partial charge in [-0.1, -0.05) is 11.8 Å². The van der Waals surface area contributed by atoms with E-state index in [0.717, 1.165) is 6.07 Å². The van der Waals surface area contributed by atoms with Crippen molar-refractivity contribution in [1.29, 1.82) is 0 Å². The van der Waals surface area contributed by atoms with Crippen molar-refractivity contribution >= 4 is 17.7 Å². The molecule has 0 unspecified atom stereocenters. The summed E-state index contributed by atoms with van der Waals surface area (Å²) in [6.45, 7) is 0. The highest BCUT2D eigenvalue weighted by atomic mass is 32.2. The first-order valence-electron chi connectivity index (χ1n) is 4.31. The summed E-state index contributed by atoms with van der Waals surface area (Å²) in [5.41, 5.74) is -0.289. The molecule has 3 nitrogen and oxygen atoms in total. The second-order valence-corrected chi connectivity index (χ2v) is 3.98. The van der Waals surface area contributed by atoms with E-state index in [1.807, 2.05) is 0 Å². The van der Waals surface area contributed by atoms with Crippen molar-refractivity contribution in [2.24, 2.45) is 0 Å². The zero-order valence-corrected chi connectivity index (χ0v) is 9.06. The Morgan fingerprint density at radius 3 is 2.71 bits per heavy atom. The molecule has 0 radical (unpaired) electrons. The monoisotopic (exact) mass is 269 g/mol. The number of carboxylic acids is 1. The molecule has 0 atom stereocenters. The van der Waals surface area contributed by atoms with Crippen molar-refractivity contribution in [1.82, 2.24) is 4.98 Å². The lowest BCUT2D eigenvalue weighted by molar-refractivity contribution is -0.110. The molecule has 8 heteroatoms. The van der Waals surface area contributed by atoms with Gasteiger partial charge in [-0.05, 0) is 12.1 Å². The Bertz CT molecular complexity index is 414. The molecule has 1 N–H and O–H groups in total. The van der Waals surface area contributed by atoms with Crippen molar-refractivity contribution < 1.29 is 27.5 Å². The van der Waals surface area contributed by atoms with Gasteiger partial charge in [0, 0.05) is 6.20 Å². The molecule has 1 heterocycles. The molecule has 0 fully saturated rings. The Balaban J connectivity index is 2.79. The van der Waals surface area contributed by atoms with Gasteiger partial charge in [-0.2, -0.15) is 8.78 Å². The van der Waals surface area contributed by atoms with Gasteiger partial charge in [-0.3, -0.25) is 0 Å². The van der Waals surface area contributed by atoms with Gasteiger partial charge < -0.3 is 5.11 Å². The highest BCUT2D eigenvalue weighted by molar-refractivity contribution is 7.99. The Morgan fingerprint density at radius 1 is 1.53 bits per heavy atom. The van der Waals surface area contributed by atoms with E-state index < -0.39 is 24.1 Å². The third kappa shape index (κ3) is 3.58. The van der Waals surface area contributed by atoms with Crippen LogP contribution >= 0.6 is 11.8 Å². The largest absolute Gasteiger partial charge is 0.478 e. The Hall–Kier alpha value is -1.31. The van der Waals surface area contributed by atoms with Gasteiger partial charge in [0.25, 0.3) is 0 Å². The topological polar surface area (TPSA) is 50.2 Å². The smallest absolute Gasteiger partial charge is 0.338 e. The summed E-state index contributed by atoms with van der Waals surface area (Å²) in [6, 6.07) is 2.48. The van der Waals surface area contributed by atoms with Crippen LogP contribution in [-0.2, 0) is 0 Å². The number of hydrogen-bond donors (Lipinski definition) is 1. The number of nitrogens with zero attached hydrogens (tertiary/aromatic N) is 1. The number of alkyl halides is 4. The molecule has 17 heavy (non-hydrogen) atoms. The molecule has 1 rings (SSSR count). The van der Waals surface area contributed by atoms with Crippen LogP contribution in [0, 0.1) is 0 Å². The molecular weight excluding hydrogens is 262 g/mol. The van der Waals surface area contributed by atoms with Crippen molar-refractivity contribution in [3.8, 4) is 0 Å². The minimum atomic E-state index is -4.17. The van der Waals surface area contributed by atoms with Crippen LogP contribution in [0.1, 0.15) is 10.4 Å². The van der Waals surface area contributed by atoms with Gasteiger partial charge in [0.1, 0.15) is 5.03 Å². The normalized spacial score (nSPS) is 11.8. The Morgan fingerprint density at radius 2 is 2.18 bits per heavy atom. The molecule has 0 spiro atoms. The molecule has 0 saturated carbocycles. The molecular formula is C9H7F4NO2S. The van der Waals surface area contributed by atoms with E-state index in [-0.39, 0.29) is 22.4 Å². The second kappa shape index (κ2) is 5.35. The zero-order chi connectivity index (χ0) is 13.1. The van der Waals surface area contributed by atoms with E-state index in [0.29, 0.717) is 0 Å². The lowest BCUT2D eigenvalue weighted by Crippen LogP contribution is -2.29. The quantitative estimate of drug-likeness (QED) is 0.659. The number of aromatic carboxylic acids is 1. The molecule has 94 valence electrons. The summed E-state index contributed by atoms with van der Waals surface area (Å²) >= 11 is 0.289. The molecule has 0 aromatic carbocycles. The average molecular weight is 269 g/mol. The number of halogens is 4. The van der Waals surface area contributed by atoms with Crippen LogP contribution in [0.4, 0.5) is 17.6 Å². The van der Waals surface area contributed by atoms with Gasteiger partial charge in [-0.25, -0.2) is 18.6 Å². The molecule has 0 amide bonds. The van der Waals surface area contributed by atoms with E-state index in [9.17, 15) is 22.4 Å². The zero-order valence-electron chi connectivity index (χ0n) is 8.24. The maximum Gasteiger partial charge on any atom is 0.338 e. The van der Waals surface area contributed by atoms with E-state index in [4.69, 9.17) is 5.11 Å². The summed E-state index contributed by atoms with van der Waals surface area (Å²) in [5, 5.41) is 8.51. The highest BCUT2D eigenvalue weighted by Gasteiger charge is 2.40. The van der Waals surface area contributed by atoms with Crippen LogP contribution in [0.15, 0.2) is 23.4 Å². The third-order valence-corrected chi connectivity index (χ3v) is 2.85. The summed E-state index contributed by atoms with van der Waals surface area (Å²) < 4.78 is 49.0. The van der Waals surface area contributed by atoms with Crippen LogP contribution in [0.5, 0.6) is 0 Å². The fourth-order valence-electron chi connectivity index (χ4n) is 0.896. The summed E-state index contributed by atoms with van der Waals surface area (Å²) in [7, 11) is 0. The summed E-state index contributed by atoms with van der Waals surface area (Å²) in [4.78, 5) is 14.3. The van der Waals surface area contributed by atoms with Gasteiger partial charge in [0.05, 0.1) is 11.3 Å². The van der Waals surface area contributed by atoms with Crippen molar-refractivity contribution in [2.45, 2.75) is 17.4 Å². The van der Waals surface area contributed by atoms with Crippen LogP contribution in [-0.4, -0.2) is 34.2 Å². The number of carboxylic acid groups (broad SMARTS) is 1. The van der Waals surface area contributed by atoms with E-state index >= 15 is 0 Å². The summed E-state index contributed by atoms with van der Waals surface area (Å²) in [5.74, 6) is -6.74. The standard InChI is InChI=1S/C9H7F4NO2S/c10-8(11)9(12,13)4-17-6-5(7(15)16)2-1-3-14-6/h1-3,8H,4H2,(H,15,16). The molecule has 0 aliphatic carbocycles. The number of carbonyl (C=O) groups is 1. The molecule has 0 aliphatic rings. The number of hydrogen-bond acceptors (Lipinski definition) is 3. The maximum atomic E-state index is 12.6. The van der Waals surface area contributed by atoms with Crippen LogP contribution in [0.3, 0.4) is 0 Å². The van der Waals surface area contributed by atoms with Crippen molar-refractivity contribution in [3.05, 3.63) is 23.9 Å². The van der Waals surface area contributed by atoms with E-state index in [2.05, 4.69) is 4.98 Å². The lowest BCUT2D eigenvalue weighted by Gasteiger charge is -2.14. The van der Waals surface area contributed by atoms with Gasteiger partial charge in [0.15, 0.2) is 0 Å². The van der Waals surface area contributed by atoms with Crippen molar-refractivity contribution in [2.75, 3.05) is 5.75 Å². The highest BCUT2D eigenvalue weighted by Crippen LogP contribution is 2.31. The second-order valence-electron chi connectivity index (χ2n) is 3.01. The molecule has 0 saturated heterocycles. The molecule has 1 aromatic heterocycles. The predicted molar refractivity (Wildman–Crippen MR) is 52.9 cm³/mol. The first-order chi connectivity index (χ1) is 7.84. The van der Waals surface area contributed by atoms with Gasteiger partial charge in [0.2, 0.25) is 0 Å². The Labute approximate surface area is 97.9 Å².